The average molecular weight is 283 g/mol. The Bertz CT molecular complexity index is 350. The van der Waals surface area contributed by atoms with E-state index in [0.717, 1.165) is 16.8 Å². The van der Waals surface area contributed by atoms with Crippen molar-refractivity contribution >= 4 is 15.9 Å². The van der Waals surface area contributed by atoms with Crippen LogP contribution in [-0.2, 0) is 6.42 Å². The molecule has 1 aliphatic carbocycles. The van der Waals surface area contributed by atoms with Crippen LogP contribution in [0.2, 0.25) is 0 Å². The van der Waals surface area contributed by atoms with E-state index in [1.54, 1.807) is 0 Å². The molecular weight excluding hydrogens is 264 g/mol. The molecule has 2 heteroatoms. The molecule has 1 aromatic carbocycles. The van der Waals surface area contributed by atoms with Crippen LogP contribution in [0, 0.1) is 11.8 Å². The molecule has 0 bridgehead atoms. The van der Waals surface area contributed by atoms with Crippen LogP contribution in [0.15, 0.2) is 28.7 Å². The Morgan fingerprint density at radius 2 is 2.12 bits per heavy atom. The summed E-state index contributed by atoms with van der Waals surface area (Å²) < 4.78 is 1.11. The molecule has 0 aromatic heterocycles. The first-order valence-electron chi connectivity index (χ1n) is 6.08. The smallest absolute Gasteiger partial charge is 0.0609 e. The van der Waals surface area contributed by atoms with Gasteiger partial charge in [0.15, 0.2) is 0 Å². The molecule has 1 N–H and O–H groups in total. The summed E-state index contributed by atoms with van der Waals surface area (Å²) in [7, 11) is 0. The number of aliphatic hydroxyl groups excluding tert-OH is 1. The van der Waals surface area contributed by atoms with Gasteiger partial charge in [-0.3, -0.25) is 0 Å². The topological polar surface area (TPSA) is 20.2 Å². The third-order valence-electron chi connectivity index (χ3n) is 3.67. The third kappa shape index (κ3) is 2.86. The lowest BCUT2D eigenvalue weighted by Gasteiger charge is -2.18. The van der Waals surface area contributed by atoms with Gasteiger partial charge in [0.2, 0.25) is 0 Å². The molecule has 1 aromatic rings. The van der Waals surface area contributed by atoms with Gasteiger partial charge in [-0.2, -0.15) is 0 Å². The molecule has 1 fully saturated rings. The molecule has 0 spiro atoms. The second-order valence-corrected chi connectivity index (χ2v) is 5.90. The van der Waals surface area contributed by atoms with Gasteiger partial charge >= 0.3 is 0 Å². The van der Waals surface area contributed by atoms with E-state index in [-0.39, 0.29) is 6.10 Å². The lowest BCUT2D eigenvalue weighted by atomic mass is 9.94. The summed E-state index contributed by atoms with van der Waals surface area (Å²) in [6.07, 6.45) is 4.25. The van der Waals surface area contributed by atoms with E-state index in [9.17, 15) is 5.11 Å². The Kier molecular flexibility index (Phi) is 4.04. The third-order valence-corrected chi connectivity index (χ3v) is 4.44. The van der Waals surface area contributed by atoms with Crippen LogP contribution >= 0.6 is 15.9 Å². The molecule has 1 aliphatic rings. The minimum Gasteiger partial charge on any atom is -0.392 e. The zero-order chi connectivity index (χ0) is 11.5. The average Bonchev–Trinajstić information content (AvgIpc) is 2.68. The van der Waals surface area contributed by atoms with E-state index < -0.39 is 0 Å². The van der Waals surface area contributed by atoms with Gasteiger partial charge in [-0.25, -0.2) is 0 Å². The monoisotopic (exact) mass is 282 g/mol. The van der Waals surface area contributed by atoms with E-state index in [0.29, 0.717) is 5.92 Å². The molecule has 0 radical (unpaired) electrons. The summed E-state index contributed by atoms with van der Waals surface area (Å²) in [5.41, 5.74) is 1.22. The zero-order valence-electron chi connectivity index (χ0n) is 9.70. The minimum atomic E-state index is -0.177. The first-order valence-corrected chi connectivity index (χ1v) is 6.87. The highest BCUT2D eigenvalue weighted by molar-refractivity contribution is 9.10. The first kappa shape index (κ1) is 12.1. The summed E-state index contributed by atoms with van der Waals surface area (Å²) in [6, 6.07) is 8.17. The van der Waals surface area contributed by atoms with E-state index in [4.69, 9.17) is 0 Å². The van der Waals surface area contributed by atoms with Crippen molar-refractivity contribution in [3.8, 4) is 0 Å². The fourth-order valence-corrected chi connectivity index (χ4v) is 3.10. The van der Waals surface area contributed by atoms with E-state index >= 15 is 0 Å². The van der Waals surface area contributed by atoms with E-state index in [1.807, 2.05) is 18.2 Å². The largest absolute Gasteiger partial charge is 0.392 e. The van der Waals surface area contributed by atoms with Gasteiger partial charge in [0.25, 0.3) is 0 Å². The van der Waals surface area contributed by atoms with Gasteiger partial charge in [-0.05, 0) is 42.7 Å². The fraction of sp³-hybridized carbons (Fsp3) is 0.571. The molecule has 1 saturated carbocycles. The minimum absolute atomic E-state index is 0.177. The van der Waals surface area contributed by atoms with Gasteiger partial charge in [-0.15, -0.1) is 0 Å². The molecule has 3 unspecified atom stereocenters. The Morgan fingerprint density at radius 3 is 2.75 bits per heavy atom. The molecule has 1 nitrogen and oxygen atoms in total. The molecule has 88 valence electrons. The summed E-state index contributed by atoms with van der Waals surface area (Å²) in [4.78, 5) is 0. The fourth-order valence-electron chi connectivity index (χ4n) is 2.66. The van der Waals surface area contributed by atoms with Crippen molar-refractivity contribution in [1.82, 2.24) is 0 Å². The quantitative estimate of drug-likeness (QED) is 0.894. The van der Waals surface area contributed by atoms with Crippen molar-refractivity contribution in [2.75, 3.05) is 0 Å². The molecule has 3 atom stereocenters. The van der Waals surface area contributed by atoms with Crippen LogP contribution in [-0.4, -0.2) is 11.2 Å². The second kappa shape index (κ2) is 5.33. The maximum atomic E-state index is 10.2. The first-order chi connectivity index (χ1) is 7.66. The van der Waals surface area contributed by atoms with Crippen LogP contribution in [0.5, 0.6) is 0 Å². The molecule has 0 amide bonds. The van der Waals surface area contributed by atoms with E-state index in [1.165, 1.54) is 24.8 Å². The second-order valence-electron chi connectivity index (χ2n) is 5.04. The van der Waals surface area contributed by atoms with Crippen LogP contribution in [0.25, 0.3) is 0 Å². The number of benzene rings is 1. The molecule has 2 rings (SSSR count). The molecule has 0 aliphatic heterocycles. The summed E-state index contributed by atoms with van der Waals surface area (Å²) >= 11 is 3.53. The predicted octanol–water partition coefficient (Wildman–Crippen LogP) is 3.79. The number of rotatable bonds is 3. The van der Waals surface area contributed by atoms with Gasteiger partial charge in [-0.1, -0.05) is 47.5 Å². The van der Waals surface area contributed by atoms with E-state index in [2.05, 4.69) is 28.9 Å². The Labute approximate surface area is 106 Å². The van der Waals surface area contributed by atoms with Crippen LogP contribution in [0.4, 0.5) is 0 Å². The lowest BCUT2D eigenvalue weighted by molar-refractivity contribution is 0.109. The molecule has 0 saturated heterocycles. The van der Waals surface area contributed by atoms with Gasteiger partial charge in [0.05, 0.1) is 6.10 Å². The summed E-state index contributed by atoms with van der Waals surface area (Å²) in [6.45, 7) is 2.28. The predicted molar refractivity (Wildman–Crippen MR) is 70.4 cm³/mol. The zero-order valence-corrected chi connectivity index (χ0v) is 11.3. The SMILES string of the molecule is CC1CCC(C(O)Cc2ccccc2Br)C1. The highest BCUT2D eigenvalue weighted by Crippen LogP contribution is 2.34. The number of hydrogen-bond donors (Lipinski definition) is 1. The summed E-state index contributed by atoms with van der Waals surface area (Å²) in [5.74, 6) is 1.29. The highest BCUT2D eigenvalue weighted by Gasteiger charge is 2.27. The van der Waals surface area contributed by atoms with Crippen molar-refractivity contribution < 1.29 is 5.11 Å². The van der Waals surface area contributed by atoms with Crippen LogP contribution in [0.3, 0.4) is 0 Å². The van der Waals surface area contributed by atoms with Crippen molar-refractivity contribution in [1.29, 1.82) is 0 Å². The normalized spacial score (nSPS) is 26.9. The Balaban J connectivity index is 1.97. The van der Waals surface area contributed by atoms with Crippen molar-refractivity contribution in [2.45, 2.75) is 38.7 Å². The van der Waals surface area contributed by atoms with Gasteiger partial charge < -0.3 is 5.11 Å². The van der Waals surface area contributed by atoms with Gasteiger partial charge in [0, 0.05) is 4.47 Å². The Morgan fingerprint density at radius 1 is 1.38 bits per heavy atom. The van der Waals surface area contributed by atoms with Crippen molar-refractivity contribution in [2.24, 2.45) is 11.8 Å². The van der Waals surface area contributed by atoms with Crippen molar-refractivity contribution in [3.63, 3.8) is 0 Å². The summed E-state index contributed by atoms with van der Waals surface area (Å²) in [5, 5.41) is 10.2. The van der Waals surface area contributed by atoms with Crippen LogP contribution in [0.1, 0.15) is 31.7 Å². The number of halogens is 1. The lowest BCUT2D eigenvalue weighted by Crippen LogP contribution is -2.20. The molecule has 16 heavy (non-hydrogen) atoms. The highest BCUT2D eigenvalue weighted by atomic mass is 79.9. The Hall–Kier alpha value is -0.340. The standard InChI is InChI=1S/C14H19BrO/c1-10-6-7-12(8-10)14(16)9-11-4-2-3-5-13(11)15/h2-5,10,12,14,16H,6-9H2,1H3. The van der Waals surface area contributed by atoms with Crippen molar-refractivity contribution in [3.05, 3.63) is 34.3 Å². The maximum absolute atomic E-state index is 10.2. The molecular formula is C14H19BrO. The van der Waals surface area contributed by atoms with Gasteiger partial charge in [0.1, 0.15) is 0 Å². The number of hydrogen-bond acceptors (Lipinski definition) is 1. The molecule has 0 heterocycles. The number of aliphatic hydroxyl groups is 1. The maximum Gasteiger partial charge on any atom is 0.0609 e. The van der Waals surface area contributed by atoms with Crippen LogP contribution < -0.4 is 0 Å².